The number of nitrogens with zero attached hydrogens (tertiary/aromatic N) is 3. The predicted octanol–water partition coefficient (Wildman–Crippen LogP) is 3.88. The van der Waals surface area contributed by atoms with Gasteiger partial charge in [0, 0.05) is 17.8 Å². The number of amides is 1. The van der Waals surface area contributed by atoms with Crippen molar-refractivity contribution in [2.75, 3.05) is 5.32 Å². The number of rotatable bonds is 7. The summed E-state index contributed by atoms with van der Waals surface area (Å²) in [6.07, 6.45) is -3.72. The first-order valence-corrected chi connectivity index (χ1v) is 8.25. The van der Waals surface area contributed by atoms with E-state index in [1.807, 2.05) is 13.8 Å². The molecule has 1 amide bonds. The van der Waals surface area contributed by atoms with Crippen LogP contribution in [0.3, 0.4) is 0 Å². The van der Waals surface area contributed by atoms with Crippen LogP contribution < -0.4 is 10.1 Å². The highest BCUT2D eigenvalue weighted by Gasteiger charge is 2.30. The van der Waals surface area contributed by atoms with Crippen molar-refractivity contribution in [1.29, 1.82) is 5.26 Å². The summed E-state index contributed by atoms with van der Waals surface area (Å²) >= 11 is 0. The summed E-state index contributed by atoms with van der Waals surface area (Å²) in [5, 5.41) is 15.7. The second kappa shape index (κ2) is 8.58. The molecule has 6 nitrogen and oxygen atoms in total. The molecule has 0 unspecified atom stereocenters. The van der Waals surface area contributed by atoms with E-state index in [9.17, 15) is 18.0 Å². The Labute approximate surface area is 154 Å². The van der Waals surface area contributed by atoms with E-state index < -0.39 is 6.36 Å². The quantitative estimate of drug-likeness (QED) is 0.790. The fourth-order valence-electron chi connectivity index (χ4n) is 2.67. The van der Waals surface area contributed by atoms with Crippen LogP contribution in [-0.2, 0) is 17.8 Å². The van der Waals surface area contributed by atoms with E-state index >= 15 is 0 Å². The number of aryl methyl sites for hydroxylation is 2. The Bertz CT molecular complexity index is 836. The zero-order valence-electron chi connectivity index (χ0n) is 14.9. The van der Waals surface area contributed by atoms with Gasteiger partial charge in [-0.25, -0.2) is 0 Å². The third-order valence-electron chi connectivity index (χ3n) is 3.94. The molecule has 9 heteroatoms. The number of carbonyl (C=O) groups excluding carboxylic acids is 1. The van der Waals surface area contributed by atoms with Crippen molar-refractivity contribution in [2.24, 2.45) is 0 Å². The van der Waals surface area contributed by atoms with Gasteiger partial charge < -0.3 is 10.1 Å². The fraction of sp³-hybridized carbons (Fsp3) is 0.389. The van der Waals surface area contributed by atoms with Crippen LogP contribution in [0.1, 0.15) is 29.8 Å². The minimum Gasteiger partial charge on any atom is -0.406 e. The van der Waals surface area contributed by atoms with Crippen LogP contribution in [-0.4, -0.2) is 22.1 Å². The van der Waals surface area contributed by atoms with Crippen molar-refractivity contribution in [3.8, 4) is 11.8 Å². The van der Waals surface area contributed by atoms with Crippen molar-refractivity contribution < 1.29 is 22.7 Å². The first-order chi connectivity index (χ1) is 12.7. The van der Waals surface area contributed by atoms with Crippen LogP contribution in [0.5, 0.6) is 5.75 Å². The van der Waals surface area contributed by atoms with Crippen molar-refractivity contribution in [3.63, 3.8) is 0 Å². The van der Waals surface area contributed by atoms with Crippen molar-refractivity contribution in [2.45, 2.75) is 46.0 Å². The first kappa shape index (κ1) is 20.3. The highest BCUT2D eigenvalue weighted by molar-refractivity contribution is 5.90. The summed E-state index contributed by atoms with van der Waals surface area (Å²) in [5.74, 6) is -0.611. The third kappa shape index (κ3) is 6.02. The van der Waals surface area contributed by atoms with E-state index in [0.717, 1.165) is 29.1 Å². The van der Waals surface area contributed by atoms with Gasteiger partial charge in [-0.1, -0.05) is 0 Å². The maximum Gasteiger partial charge on any atom is 0.573 e. The Morgan fingerprint density at radius 3 is 2.56 bits per heavy atom. The molecule has 1 aromatic heterocycles. The average molecular weight is 380 g/mol. The van der Waals surface area contributed by atoms with Crippen molar-refractivity contribution in [1.82, 2.24) is 9.78 Å². The first-order valence-electron chi connectivity index (χ1n) is 8.25. The summed E-state index contributed by atoms with van der Waals surface area (Å²) < 4.78 is 41.9. The molecule has 144 valence electrons. The van der Waals surface area contributed by atoms with Gasteiger partial charge in [-0.2, -0.15) is 10.4 Å². The maximum absolute atomic E-state index is 12.1. The number of anilines is 1. The lowest BCUT2D eigenvalue weighted by Crippen LogP contribution is -2.17. The summed E-state index contributed by atoms with van der Waals surface area (Å²) in [4.78, 5) is 12.1. The Morgan fingerprint density at radius 1 is 1.30 bits per heavy atom. The molecule has 27 heavy (non-hydrogen) atoms. The maximum atomic E-state index is 12.1. The SMILES string of the molecule is Cc1nn(CCC#N)c(C)c1CCC(=O)Nc1ccc(OC(F)(F)F)cc1. The molecular weight excluding hydrogens is 361 g/mol. The van der Waals surface area contributed by atoms with Crippen LogP contribution in [0.25, 0.3) is 0 Å². The van der Waals surface area contributed by atoms with Gasteiger partial charge in [-0.05, 0) is 50.1 Å². The number of aromatic nitrogens is 2. The van der Waals surface area contributed by atoms with Gasteiger partial charge in [0.2, 0.25) is 5.91 Å². The molecule has 0 bridgehead atoms. The highest BCUT2D eigenvalue weighted by Crippen LogP contribution is 2.24. The van der Waals surface area contributed by atoms with Gasteiger partial charge in [0.15, 0.2) is 0 Å². The van der Waals surface area contributed by atoms with Crippen LogP contribution in [0.15, 0.2) is 24.3 Å². The predicted molar refractivity (Wildman–Crippen MR) is 92.0 cm³/mol. The van der Waals surface area contributed by atoms with Gasteiger partial charge in [0.05, 0.1) is 24.7 Å². The molecule has 0 spiro atoms. The van der Waals surface area contributed by atoms with E-state index in [-0.39, 0.29) is 18.1 Å². The standard InChI is InChI=1S/C18H19F3N4O2/c1-12-16(13(2)25(24-12)11-3-10-22)8-9-17(26)23-14-4-6-15(7-5-14)27-18(19,20)21/h4-7H,3,8-9,11H2,1-2H3,(H,23,26). The lowest BCUT2D eigenvalue weighted by atomic mass is 10.1. The minimum absolute atomic E-state index is 0.201. The number of ether oxygens (including phenoxy) is 1. The number of carbonyl (C=O) groups is 1. The smallest absolute Gasteiger partial charge is 0.406 e. The number of alkyl halides is 3. The molecule has 1 heterocycles. The van der Waals surface area contributed by atoms with E-state index in [0.29, 0.717) is 25.1 Å². The van der Waals surface area contributed by atoms with Gasteiger partial charge in [0.1, 0.15) is 5.75 Å². The van der Waals surface area contributed by atoms with Crippen molar-refractivity contribution in [3.05, 3.63) is 41.2 Å². The normalized spacial score (nSPS) is 11.1. The zero-order chi connectivity index (χ0) is 20.0. The lowest BCUT2D eigenvalue weighted by molar-refractivity contribution is -0.274. The number of benzene rings is 1. The van der Waals surface area contributed by atoms with E-state index in [1.165, 1.54) is 12.1 Å². The molecule has 0 saturated carbocycles. The van der Waals surface area contributed by atoms with Crippen molar-refractivity contribution >= 4 is 11.6 Å². The van der Waals surface area contributed by atoms with E-state index in [2.05, 4.69) is 21.2 Å². The van der Waals surface area contributed by atoms with E-state index in [1.54, 1.807) is 4.68 Å². The summed E-state index contributed by atoms with van der Waals surface area (Å²) in [6.45, 7) is 4.24. The van der Waals surface area contributed by atoms with Gasteiger partial charge in [-0.15, -0.1) is 13.2 Å². The molecule has 1 N–H and O–H groups in total. The van der Waals surface area contributed by atoms with Gasteiger partial charge in [0.25, 0.3) is 0 Å². The molecule has 0 saturated heterocycles. The van der Waals surface area contributed by atoms with Gasteiger partial charge >= 0.3 is 6.36 Å². The summed E-state index contributed by atoms with van der Waals surface area (Å²) in [7, 11) is 0. The minimum atomic E-state index is -4.75. The van der Waals surface area contributed by atoms with E-state index in [4.69, 9.17) is 5.26 Å². The number of hydrogen-bond donors (Lipinski definition) is 1. The fourth-order valence-corrected chi connectivity index (χ4v) is 2.67. The molecule has 0 aliphatic rings. The molecule has 2 rings (SSSR count). The second-order valence-electron chi connectivity index (χ2n) is 5.90. The molecule has 0 radical (unpaired) electrons. The number of halogens is 3. The number of nitriles is 1. The molecule has 0 fully saturated rings. The second-order valence-corrected chi connectivity index (χ2v) is 5.90. The Balaban J connectivity index is 1.91. The number of nitrogens with one attached hydrogen (secondary N) is 1. The molecule has 0 aliphatic carbocycles. The molecule has 0 aliphatic heterocycles. The highest BCUT2D eigenvalue weighted by atomic mass is 19.4. The summed E-state index contributed by atoms with van der Waals surface area (Å²) in [5.41, 5.74) is 3.07. The van der Waals surface area contributed by atoms with Crippen LogP contribution in [0.2, 0.25) is 0 Å². The molecule has 1 aromatic carbocycles. The largest absolute Gasteiger partial charge is 0.573 e. The molecule has 0 atom stereocenters. The number of hydrogen-bond acceptors (Lipinski definition) is 4. The Morgan fingerprint density at radius 2 is 1.96 bits per heavy atom. The lowest BCUT2D eigenvalue weighted by Gasteiger charge is -2.10. The summed E-state index contributed by atoms with van der Waals surface area (Å²) in [6, 6.07) is 7.03. The Hall–Kier alpha value is -3.02. The van der Waals surface area contributed by atoms with Gasteiger partial charge in [-0.3, -0.25) is 9.48 Å². The molecule has 2 aromatic rings. The third-order valence-corrected chi connectivity index (χ3v) is 3.94. The monoisotopic (exact) mass is 380 g/mol. The zero-order valence-corrected chi connectivity index (χ0v) is 14.9. The van der Waals surface area contributed by atoms with Crippen LogP contribution >= 0.6 is 0 Å². The Kier molecular flexibility index (Phi) is 6.45. The molecular formula is C18H19F3N4O2. The average Bonchev–Trinajstić information content (AvgIpc) is 2.85. The van der Waals surface area contributed by atoms with Crippen LogP contribution in [0.4, 0.5) is 18.9 Å². The van der Waals surface area contributed by atoms with Crippen LogP contribution in [0, 0.1) is 25.2 Å². The topological polar surface area (TPSA) is 79.9 Å².